The summed E-state index contributed by atoms with van der Waals surface area (Å²) in [5.41, 5.74) is 3.82. The highest BCUT2D eigenvalue weighted by atomic mass is 16.6. The number of cyclic esters (lactones) is 1. The van der Waals surface area contributed by atoms with Gasteiger partial charge in [0, 0.05) is 50.4 Å². The van der Waals surface area contributed by atoms with E-state index in [9.17, 15) is 9.59 Å². The molecule has 33 heavy (non-hydrogen) atoms. The van der Waals surface area contributed by atoms with Gasteiger partial charge in [-0.3, -0.25) is 14.6 Å². The van der Waals surface area contributed by atoms with Crippen LogP contribution < -0.4 is 10.2 Å². The Labute approximate surface area is 193 Å². The third-order valence-corrected chi connectivity index (χ3v) is 5.76. The molecular formula is C25H27N5O3. The van der Waals surface area contributed by atoms with E-state index in [-0.39, 0.29) is 18.3 Å². The number of aromatic nitrogens is 3. The molecule has 1 aromatic carbocycles. The average Bonchev–Trinajstić information content (AvgIpc) is 3.09. The minimum atomic E-state index is -0.786. The molecule has 4 rings (SSSR count). The number of hydrogen-bond donors (Lipinski definition) is 1. The highest BCUT2D eigenvalue weighted by Gasteiger charge is 2.45. The van der Waals surface area contributed by atoms with Gasteiger partial charge in [-0.25, -0.2) is 9.97 Å². The van der Waals surface area contributed by atoms with Gasteiger partial charge in [0.05, 0.1) is 18.0 Å². The number of pyridine rings is 1. The van der Waals surface area contributed by atoms with E-state index in [4.69, 9.17) is 9.72 Å². The maximum atomic E-state index is 12.6. The molecule has 2 aromatic heterocycles. The van der Waals surface area contributed by atoms with Crippen LogP contribution in [0.25, 0.3) is 22.4 Å². The molecule has 1 saturated heterocycles. The lowest BCUT2D eigenvalue weighted by Crippen LogP contribution is -2.40. The number of amides is 1. The topological polar surface area (TPSA) is 97.3 Å². The molecule has 1 unspecified atom stereocenters. The number of rotatable bonds is 6. The summed E-state index contributed by atoms with van der Waals surface area (Å²) in [6.07, 6.45) is 5.43. The number of carbonyl (C=O) groups excluding carboxylic acids is 2. The lowest BCUT2D eigenvalue weighted by molar-refractivity contribution is -0.147. The number of ether oxygens (including phenoxy) is 1. The van der Waals surface area contributed by atoms with Gasteiger partial charge < -0.3 is 15.0 Å². The number of carbonyl (C=O) groups is 2. The quantitative estimate of drug-likeness (QED) is 0.582. The summed E-state index contributed by atoms with van der Waals surface area (Å²) < 4.78 is 5.25. The van der Waals surface area contributed by atoms with E-state index in [1.165, 1.54) is 0 Å². The van der Waals surface area contributed by atoms with E-state index >= 15 is 0 Å². The molecule has 8 nitrogen and oxygen atoms in total. The van der Waals surface area contributed by atoms with Gasteiger partial charge >= 0.3 is 5.97 Å². The molecule has 0 bridgehead atoms. The molecule has 1 fully saturated rings. The Bertz CT molecular complexity index is 1160. The Morgan fingerprint density at radius 3 is 2.42 bits per heavy atom. The fraction of sp³-hybridized carbons (Fsp3) is 0.320. The van der Waals surface area contributed by atoms with Crippen molar-refractivity contribution >= 4 is 17.8 Å². The second kappa shape index (κ2) is 8.97. The maximum absolute atomic E-state index is 12.6. The van der Waals surface area contributed by atoms with Crippen LogP contribution in [-0.2, 0) is 20.9 Å². The molecule has 0 spiro atoms. The van der Waals surface area contributed by atoms with E-state index < -0.39 is 11.5 Å². The van der Waals surface area contributed by atoms with Crippen LogP contribution in [-0.4, -0.2) is 46.5 Å². The lowest BCUT2D eigenvalue weighted by atomic mass is 9.90. The van der Waals surface area contributed by atoms with Gasteiger partial charge in [-0.05, 0) is 37.1 Å². The van der Waals surface area contributed by atoms with Gasteiger partial charge in [0.2, 0.25) is 11.9 Å². The van der Waals surface area contributed by atoms with E-state index in [0.29, 0.717) is 12.5 Å². The summed E-state index contributed by atoms with van der Waals surface area (Å²) in [6.45, 7) is 3.89. The molecule has 0 aliphatic carbocycles. The predicted molar refractivity (Wildman–Crippen MR) is 125 cm³/mol. The molecule has 1 aliphatic heterocycles. The van der Waals surface area contributed by atoms with Gasteiger partial charge in [-0.1, -0.05) is 24.3 Å². The van der Waals surface area contributed by atoms with Crippen molar-refractivity contribution in [2.24, 2.45) is 5.92 Å². The molecule has 1 aliphatic rings. The summed E-state index contributed by atoms with van der Waals surface area (Å²) >= 11 is 0. The van der Waals surface area contributed by atoms with Crippen LogP contribution in [0.3, 0.4) is 0 Å². The van der Waals surface area contributed by atoms with Crippen molar-refractivity contribution in [3.8, 4) is 22.4 Å². The van der Waals surface area contributed by atoms with E-state index in [0.717, 1.165) is 27.9 Å². The van der Waals surface area contributed by atoms with Gasteiger partial charge in [0.15, 0.2) is 0 Å². The molecule has 3 aromatic rings. The van der Waals surface area contributed by atoms with Crippen molar-refractivity contribution in [1.82, 2.24) is 20.3 Å². The zero-order valence-electron chi connectivity index (χ0n) is 19.2. The van der Waals surface area contributed by atoms with Crippen molar-refractivity contribution < 1.29 is 14.3 Å². The molecule has 3 heterocycles. The Morgan fingerprint density at radius 1 is 1.12 bits per heavy atom. The van der Waals surface area contributed by atoms with Crippen LogP contribution >= 0.6 is 0 Å². The first kappa shape index (κ1) is 22.4. The summed E-state index contributed by atoms with van der Waals surface area (Å²) in [5, 5.41) is 2.93. The second-order valence-corrected chi connectivity index (χ2v) is 8.81. The fourth-order valence-electron chi connectivity index (χ4n) is 3.87. The van der Waals surface area contributed by atoms with Crippen LogP contribution in [0.4, 0.5) is 5.95 Å². The zero-order valence-corrected chi connectivity index (χ0v) is 19.2. The number of nitrogens with zero attached hydrogens (tertiary/aromatic N) is 4. The first-order valence-electron chi connectivity index (χ1n) is 10.8. The summed E-state index contributed by atoms with van der Waals surface area (Å²) in [7, 11) is 3.81. The molecule has 0 radical (unpaired) electrons. The zero-order chi connectivity index (χ0) is 23.6. The SMILES string of the molecule is CN(C)c1ncc(-c2ccncc2)c(-c2ccc(CNC(=O)C3CC(=O)OC3(C)C)cc2)n1. The lowest BCUT2D eigenvalue weighted by Gasteiger charge is -2.23. The van der Waals surface area contributed by atoms with Crippen molar-refractivity contribution in [1.29, 1.82) is 0 Å². The van der Waals surface area contributed by atoms with Crippen LogP contribution in [0, 0.1) is 5.92 Å². The fourth-order valence-corrected chi connectivity index (χ4v) is 3.87. The number of hydrogen-bond acceptors (Lipinski definition) is 7. The number of benzene rings is 1. The first-order valence-corrected chi connectivity index (χ1v) is 10.8. The average molecular weight is 446 g/mol. The minimum absolute atomic E-state index is 0.109. The summed E-state index contributed by atoms with van der Waals surface area (Å²) in [4.78, 5) is 39.4. The molecule has 170 valence electrons. The first-order chi connectivity index (χ1) is 15.7. The van der Waals surface area contributed by atoms with E-state index in [2.05, 4.69) is 15.3 Å². The van der Waals surface area contributed by atoms with Crippen molar-refractivity contribution in [2.45, 2.75) is 32.4 Å². The van der Waals surface area contributed by atoms with Crippen LogP contribution in [0.1, 0.15) is 25.8 Å². The van der Waals surface area contributed by atoms with Crippen LogP contribution in [0.2, 0.25) is 0 Å². The minimum Gasteiger partial charge on any atom is -0.459 e. The smallest absolute Gasteiger partial charge is 0.307 e. The Morgan fingerprint density at radius 2 is 1.82 bits per heavy atom. The summed E-state index contributed by atoms with van der Waals surface area (Å²) in [5.74, 6) is -0.384. The second-order valence-electron chi connectivity index (χ2n) is 8.81. The Kier molecular flexibility index (Phi) is 6.09. The highest BCUT2D eigenvalue weighted by Crippen LogP contribution is 2.33. The standard InChI is InChI=1S/C25H27N5O3/c1-25(2)20(13-21(31)33-25)23(32)27-14-16-5-7-18(8-6-16)22-19(17-9-11-26-12-10-17)15-28-24(29-22)30(3)4/h5-12,15,20H,13-14H2,1-4H3,(H,27,32). The molecule has 1 atom stereocenters. The Hall–Kier alpha value is -3.81. The predicted octanol–water partition coefficient (Wildman–Crippen LogP) is 3.23. The van der Waals surface area contributed by atoms with Gasteiger partial charge in [0.25, 0.3) is 0 Å². The molecule has 1 amide bonds. The molecular weight excluding hydrogens is 418 g/mol. The van der Waals surface area contributed by atoms with Crippen molar-refractivity contribution in [2.75, 3.05) is 19.0 Å². The van der Waals surface area contributed by atoms with E-state index in [1.54, 1.807) is 26.2 Å². The van der Waals surface area contributed by atoms with Crippen LogP contribution in [0.5, 0.6) is 0 Å². The normalized spacial score (nSPS) is 16.8. The molecule has 1 N–H and O–H groups in total. The molecule has 8 heteroatoms. The van der Waals surface area contributed by atoms with Crippen molar-refractivity contribution in [3.05, 3.63) is 60.6 Å². The van der Waals surface area contributed by atoms with Crippen LogP contribution in [0.15, 0.2) is 55.0 Å². The third kappa shape index (κ3) is 4.84. The largest absolute Gasteiger partial charge is 0.459 e. The highest BCUT2D eigenvalue weighted by molar-refractivity contribution is 5.87. The third-order valence-electron chi connectivity index (χ3n) is 5.76. The van der Waals surface area contributed by atoms with Gasteiger partial charge in [-0.2, -0.15) is 0 Å². The maximum Gasteiger partial charge on any atom is 0.307 e. The van der Waals surface area contributed by atoms with E-state index in [1.807, 2.05) is 61.6 Å². The molecule has 0 saturated carbocycles. The number of anilines is 1. The van der Waals surface area contributed by atoms with Gasteiger partial charge in [-0.15, -0.1) is 0 Å². The number of esters is 1. The van der Waals surface area contributed by atoms with Gasteiger partial charge in [0.1, 0.15) is 5.60 Å². The number of nitrogens with one attached hydrogen (secondary N) is 1. The monoisotopic (exact) mass is 445 g/mol. The van der Waals surface area contributed by atoms with Crippen molar-refractivity contribution in [3.63, 3.8) is 0 Å². The summed E-state index contributed by atoms with van der Waals surface area (Å²) in [6, 6.07) is 11.8. The Balaban J connectivity index is 1.54.